The highest BCUT2D eigenvalue weighted by atomic mass is 15.2. The lowest BCUT2D eigenvalue weighted by Gasteiger charge is -2.01. The van der Waals surface area contributed by atoms with Gasteiger partial charge in [-0.2, -0.15) is 0 Å². The Morgan fingerprint density at radius 2 is 1.47 bits per heavy atom. The number of nitrogens with one attached hydrogen (secondary N) is 1. The van der Waals surface area contributed by atoms with Crippen LogP contribution in [0.25, 0.3) is 0 Å². The van der Waals surface area contributed by atoms with Crippen LogP contribution in [0.15, 0.2) is 6.33 Å². The molecular weight excluding hydrogens is 210 g/mol. The van der Waals surface area contributed by atoms with Gasteiger partial charge in [0.1, 0.15) is 12.2 Å². The third kappa shape index (κ3) is 7.94. The fourth-order valence-corrected chi connectivity index (χ4v) is 2.13. The standard InChI is InChI=1S/C14H27N3/c1-2-3-4-5-6-7-8-9-10-11-12-14-15-13-16-17-14/h13H,2-12H2,1H3,(H,15,16,17). The molecule has 98 valence electrons. The van der Waals surface area contributed by atoms with E-state index in [1.807, 2.05) is 0 Å². The molecule has 0 amide bonds. The molecule has 0 aliphatic carbocycles. The third-order valence-electron chi connectivity index (χ3n) is 3.23. The van der Waals surface area contributed by atoms with Gasteiger partial charge in [-0.15, -0.1) is 10.2 Å². The van der Waals surface area contributed by atoms with Crippen LogP contribution in [0.5, 0.6) is 0 Å². The minimum atomic E-state index is 1.03. The van der Waals surface area contributed by atoms with Gasteiger partial charge in [0, 0.05) is 6.42 Å². The number of nitrogens with zero attached hydrogens (tertiary/aromatic N) is 2. The second-order valence-electron chi connectivity index (χ2n) is 4.87. The van der Waals surface area contributed by atoms with E-state index in [-0.39, 0.29) is 0 Å². The third-order valence-corrected chi connectivity index (χ3v) is 3.23. The molecule has 17 heavy (non-hydrogen) atoms. The molecule has 3 heteroatoms. The Morgan fingerprint density at radius 3 is 2.00 bits per heavy atom. The number of aromatic nitrogens is 3. The molecule has 0 saturated heterocycles. The largest absolute Gasteiger partial charge is 0.332 e. The zero-order valence-electron chi connectivity index (χ0n) is 11.2. The van der Waals surface area contributed by atoms with Crippen molar-refractivity contribution in [2.75, 3.05) is 0 Å². The normalized spacial score (nSPS) is 10.9. The number of hydrogen-bond acceptors (Lipinski definition) is 2. The van der Waals surface area contributed by atoms with Gasteiger partial charge < -0.3 is 4.98 Å². The first-order valence-corrected chi connectivity index (χ1v) is 7.28. The Kier molecular flexibility index (Phi) is 8.61. The number of hydrogen-bond donors (Lipinski definition) is 1. The second-order valence-corrected chi connectivity index (χ2v) is 4.87. The monoisotopic (exact) mass is 237 g/mol. The minimum absolute atomic E-state index is 1.03. The average molecular weight is 237 g/mol. The molecule has 1 rings (SSSR count). The molecule has 0 saturated carbocycles. The van der Waals surface area contributed by atoms with E-state index >= 15 is 0 Å². The van der Waals surface area contributed by atoms with Crippen molar-refractivity contribution in [3.8, 4) is 0 Å². The highest BCUT2D eigenvalue weighted by Crippen LogP contribution is 2.11. The van der Waals surface area contributed by atoms with Crippen molar-refractivity contribution in [2.24, 2.45) is 0 Å². The van der Waals surface area contributed by atoms with E-state index in [4.69, 9.17) is 0 Å². The molecule has 1 aromatic rings. The van der Waals surface area contributed by atoms with Gasteiger partial charge in [0.05, 0.1) is 0 Å². The number of aromatic amines is 1. The van der Waals surface area contributed by atoms with Crippen LogP contribution in [-0.2, 0) is 6.42 Å². The lowest BCUT2D eigenvalue weighted by atomic mass is 10.1. The highest BCUT2D eigenvalue weighted by Gasteiger charge is 1.96. The molecule has 0 aliphatic heterocycles. The van der Waals surface area contributed by atoms with Crippen molar-refractivity contribution >= 4 is 0 Å². The van der Waals surface area contributed by atoms with Crippen molar-refractivity contribution in [3.05, 3.63) is 12.2 Å². The summed E-state index contributed by atoms with van der Waals surface area (Å²) in [5.41, 5.74) is 0. The number of H-pyrrole nitrogens is 1. The van der Waals surface area contributed by atoms with Crippen molar-refractivity contribution in [1.82, 2.24) is 15.2 Å². The van der Waals surface area contributed by atoms with E-state index in [0.717, 1.165) is 12.2 Å². The molecule has 0 aliphatic rings. The van der Waals surface area contributed by atoms with Crippen LogP contribution in [0.2, 0.25) is 0 Å². The van der Waals surface area contributed by atoms with Gasteiger partial charge in [0.15, 0.2) is 0 Å². The van der Waals surface area contributed by atoms with Crippen LogP contribution >= 0.6 is 0 Å². The predicted molar refractivity (Wildman–Crippen MR) is 71.9 cm³/mol. The molecule has 0 aromatic carbocycles. The fraction of sp³-hybridized carbons (Fsp3) is 0.857. The molecule has 0 atom stereocenters. The summed E-state index contributed by atoms with van der Waals surface area (Å²) in [6.45, 7) is 2.27. The molecular formula is C14H27N3. The number of aryl methyl sites for hydroxylation is 1. The van der Waals surface area contributed by atoms with E-state index < -0.39 is 0 Å². The topological polar surface area (TPSA) is 41.6 Å². The average Bonchev–Trinajstić information content (AvgIpc) is 2.85. The van der Waals surface area contributed by atoms with Crippen molar-refractivity contribution < 1.29 is 0 Å². The molecule has 0 fully saturated rings. The van der Waals surface area contributed by atoms with E-state index in [0.29, 0.717) is 0 Å². The van der Waals surface area contributed by atoms with Gasteiger partial charge in [-0.25, -0.2) is 0 Å². The predicted octanol–water partition coefficient (Wildman–Crippen LogP) is 4.27. The van der Waals surface area contributed by atoms with Crippen LogP contribution < -0.4 is 0 Å². The lowest BCUT2D eigenvalue weighted by molar-refractivity contribution is 0.554. The summed E-state index contributed by atoms with van der Waals surface area (Å²) in [5.74, 6) is 1.03. The summed E-state index contributed by atoms with van der Waals surface area (Å²) >= 11 is 0. The van der Waals surface area contributed by atoms with Crippen LogP contribution in [0, 0.1) is 0 Å². The van der Waals surface area contributed by atoms with Crippen molar-refractivity contribution in [3.63, 3.8) is 0 Å². The first kappa shape index (κ1) is 14.2. The Bertz CT molecular complexity index is 244. The maximum Gasteiger partial charge on any atom is 0.130 e. The summed E-state index contributed by atoms with van der Waals surface area (Å²) in [6.07, 6.45) is 16.5. The molecule has 1 N–H and O–H groups in total. The van der Waals surface area contributed by atoms with Crippen LogP contribution in [-0.4, -0.2) is 15.2 Å². The van der Waals surface area contributed by atoms with Gasteiger partial charge >= 0.3 is 0 Å². The number of unbranched alkanes of at least 4 members (excludes halogenated alkanes) is 9. The molecule has 0 spiro atoms. The van der Waals surface area contributed by atoms with Crippen molar-refractivity contribution in [2.45, 2.75) is 77.6 Å². The van der Waals surface area contributed by atoms with Crippen molar-refractivity contribution in [1.29, 1.82) is 0 Å². The zero-order chi connectivity index (χ0) is 12.2. The van der Waals surface area contributed by atoms with Gasteiger partial charge in [-0.1, -0.05) is 64.7 Å². The Labute approximate surface area is 105 Å². The molecule has 0 bridgehead atoms. The summed E-state index contributed by atoms with van der Waals surface area (Å²) in [6, 6.07) is 0. The zero-order valence-corrected chi connectivity index (χ0v) is 11.2. The fourth-order valence-electron chi connectivity index (χ4n) is 2.13. The summed E-state index contributed by atoms with van der Waals surface area (Å²) in [7, 11) is 0. The molecule has 3 nitrogen and oxygen atoms in total. The highest BCUT2D eigenvalue weighted by molar-refractivity contribution is 4.79. The van der Waals surface area contributed by atoms with Crippen LogP contribution in [0.4, 0.5) is 0 Å². The first-order valence-electron chi connectivity index (χ1n) is 7.28. The summed E-state index contributed by atoms with van der Waals surface area (Å²) < 4.78 is 0. The minimum Gasteiger partial charge on any atom is -0.332 e. The molecule has 0 radical (unpaired) electrons. The number of rotatable bonds is 11. The van der Waals surface area contributed by atoms with Crippen LogP contribution in [0.1, 0.15) is 77.0 Å². The maximum absolute atomic E-state index is 3.99. The second kappa shape index (κ2) is 10.3. The Balaban J connectivity index is 1.76. The van der Waals surface area contributed by atoms with Gasteiger partial charge in [-0.05, 0) is 6.42 Å². The molecule has 1 aromatic heterocycles. The summed E-state index contributed by atoms with van der Waals surface area (Å²) in [4.78, 5) is 3.05. The Hall–Kier alpha value is -0.860. The molecule has 1 heterocycles. The molecule has 0 unspecified atom stereocenters. The maximum atomic E-state index is 3.99. The van der Waals surface area contributed by atoms with Crippen LogP contribution in [0.3, 0.4) is 0 Å². The van der Waals surface area contributed by atoms with E-state index in [2.05, 4.69) is 22.1 Å². The van der Waals surface area contributed by atoms with Gasteiger partial charge in [0.2, 0.25) is 0 Å². The lowest BCUT2D eigenvalue weighted by Crippen LogP contribution is -1.89. The van der Waals surface area contributed by atoms with Gasteiger partial charge in [-0.3, -0.25) is 0 Å². The van der Waals surface area contributed by atoms with Gasteiger partial charge in [0.25, 0.3) is 0 Å². The smallest absolute Gasteiger partial charge is 0.130 e. The SMILES string of the molecule is CCCCCCCCCCCCc1nnc[nH]1. The summed E-state index contributed by atoms with van der Waals surface area (Å²) in [5, 5.41) is 7.77. The first-order chi connectivity index (χ1) is 8.43. The quantitative estimate of drug-likeness (QED) is 0.584. The van der Waals surface area contributed by atoms with E-state index in [1.54, 1.807) is 6.33 Å². The van der Waals surface area contributed by atoms with E-state index in [1.165, 1.54) is 64.2 Å². The van der Waals surface area contributed by atoms with E-state index in [9.17, 15) is 0 Å². The Morgan fingerprint density at radius 1 is 0.882 bits per heavy atom.